The second-order valence-electron chi connectivity index (χ2n) is 7.01. The summed E-state index contributed by atoms with van der Waals surface area (Å²) in [6.07, 6.45) is 5.34. The molecule has 4 nitrogen and oxygen atoms in total. The Morgan fingerprint density at radius 2 is 1.79 bits per heavy atom. The minimum absolute atomic E-state index is 0.0808. The third kappa shape index (κ3) is 5.40. The van der Waals surface area contributed by atoms with Crippen LogP contribution in [-0.2, 0) is 14.6 Å². The molecule has 114 valence electrons. The summed E-state index contributed by atoms with van der Waals surface area (Å²) in [5.74, 6) is 0.781. The molecule has 1 fully saturated rings. The summed E-state index contributed by atoms with van der Waals surface area (Å²) >= 11 is 0. The maximum Gasteiger partial charge on any atom is 0.149 e. The van der Waals surface area contributed by atoms with E-state index in [4.69, 9.17) is 10.5 Å². The first kappa shape index (κ1) is 16.9. The molecule has 1 aliphatic rings. The summed E-state index contributed by atoms with van der Waals surface area (Å²) in [5, 5.41) is 0. The predicted molar refractivity (Wildman–Crippen MR) is 78.9 cm³/mol. The van der Waals surface area contributed by atoms with Gasteiger partial charge in [-0.2, -0.15) is 0 Å². The molecule has 0 aliphatic heterocycles. The van der Waals surface area contributed by atoms with Crippen LogP contribution in [0.4, 0.5) is 0 Å². The molecule has 19 heavy (non-hydrogen) atoms. The first-order valence-electron chi connectivity index (χ1n) is 7.10. The number of sulfone groups is 1. The van der Waals surface area contributed by atoms with Gasteiger partial charge in [0.25, 0.3) is 0 Å². The van der Waals surface area contributed by atoms with Crippen molar-refractivity contribution in [2.24, 2.45) is 17.1 Å². The third-order valence-electron chi connectivity index (χ3n) is 4.36. The van der Waals surface area contributed by atoms with Gasteiger partial charge in [-0.3, -0.25) is 0 Å². The van der Waals surface area contributed by atoms with Crippen LogP contribution in [0.5, 0.6) is 0 Å². The van der Waals surface area contributed by atoms with Crippen molar-refractivity contribution in [1.82, 2.24) is 0 Å². The molecule has 0 unspecified atom stereocenters. The Morgan fingerprint density at radius 1 is 1.26 bits per heavy atom. The molecule has 0 spiro atoms. The molecule has 5 heteroatoms. The summed E-state index contributed by atoms with van der Waals surface area (Å²) in [5.41, 5.74) is 5.90. The van der Waals surface area contributed by atoms with E-state index in [-0.39, 0.29) is 18.0 Å². The maximum atomic E-state index is 11.1. The SMILES string of the molecule is CC(C)(C)C1CCC(CN)(OCCS(C)(=O)=O)CC1. The molecular formula is C14H29NO3S. The average molecular weight is 291 g/mol. The smallest absolute Gasteiger partial charge is 0.149 e. The Morgan fingerprint density at radius 3 is 2.16 bits per heavy atom. The van der Waals surface area contributed by atoms with Gasteiger partial charge in [0.2, 0.25) is 0 Å². The second kappa shape index (κ2) is 6.10. The molecule has 0 aromatic carbocycles. The van der Waals surface area contributed by atoms with E-state index in [9.17, 15) is 8.42 Å². The van der Waals surface area contributed by atoms with Crippen molar-refractivity contribution in [3.05, 3.63) is 0 Å². The lowest BCUT2D eigenvalue weighted by Crippen LogP contribution is -2.46. The highest BCUT2D eigenvalue weighted by Gasteiger charge is 2.38. The summed E-state index contributed by atoms with van der Waals surface area (Å²) in [7, 11) is -2.96. The van der Waals surface area contributed by atoms with E-state index in [1.165, 1.54) is 6.26 Å². The predicted octanol–water partition coefficient (Wildman–Crippen LogP) is 1.98. The van der Waals surface area contributed by atoms with Gasteiger partial charge in [-0.05, 0) is 37.0 Å². The summed E-state index contributed by atoms with van der Waals surface area (Å²) in [6, 6.07) is 0. The van der Waals surface area contributed by atoms with E-state index in [1.54, 1.807) is 0 Å². The average Bonchev–Trinajstić information content (AvgIpc) is 2.26. The standard InChI is InChI=1S/C14H29NO3S/c1-13(2,3)12-5-7-14(11-15,8-6-12)18-9-10-19(4,16)17/h12H,5-11,15H2,1-4H3. The highest BCUT2D eigenvalue weighted by atomic mass is 32.2. The first-order valence-corrected chi connectivity index (χ1v) is 9.16. The molecule has 0 saturated heterocycles. The van der Waals surface area contributed by atoms with Gasteiger partial charge < -0.3 is 10.5 Å². The van der Waals surface area contributed by atoms with Crippen molar-refractivity contribution in [2.45, 2.75) is 52.1 Å². The molecule has 0 aromatic rings. The second-order valence-corrected chi connectivity index (χ2v) is 9.27. The van der Waals surface area contributed by atoms with E-state index in [1.807, 2.05) is 0 Å². The van der Waals surface area contributed by atoms with Gasteiger partial charge in [0.1, 0.15) is 9.84 Å². The fourth-order valence-electron chi connectivity index (χ4n) is 2.83. The number of nitrogens with two attached hydrogens (primary N) is 1. The number of rotatable bonds is 5. The van der Waals surface area contributed by atoms with Crippen LogP contribution >= 0.6 is 0 Å². The summed E-state index contributed by atoms with van der Waals surface area (Å²) < 4.78 is 28.1. The summed E-state index contributed by atoms with van der Waals surface area (Å²) in [4.78, 5) is 0. The number of ether oxygens (including phenoxy) is 1. The monoisotopic (exact) mass is 291 g/mol. The van der Waals surface area contributed by atoms with Gasteiger partial charge in [0.05, 0.1) is 18.0 Å². The van der Waals surface area contributed by atoms with Crippen LogP contribution in [0, 0.1) is 11.3 Å². The zero-order valence-electron chi connectivity index (χ0n) is 12.7. The molecule has 1 rings (SSSR count). The summed E-state index contributed by atoms with van der Waals surface area (Å²) in [6.45, 7) is 7.57. The zero-order chi connectivity index (χ0) is 14.7. The Bertz CT molecular complexity index is 376. The van der Waals surface area contributed by atoms with Gasteiger partial charge in [0.15, 0.2) is 0 Å². The molecule has 0 bridgehead atoms. The quantitative estimate of drug-likeness (QED) is 0.841. The van der Waals surface area contributed by atoms with Gasteiger partial charge in [-0.15, -0.1) is 0 Å². The third-order valence-corrected chi connectivity index (χ3v) is 5.26. The van der Waals surface area contributed by atoms with E-state index >= 15 is 0 Å². The first-order chi connectivity index (χ1) is 8.58. The van der Waals surface area contributed by atoms with Crippen molar-refractivity contribution in [1.29, 1.82) is 0 Å². The minimum atomic E-state index is -2.96. The molecule has 0 aromatic heterocycles. The van der Waals surface area contributed by atoms with Crippen LogP contribution in [0.1, 0.15) is 46.5 Å². The fraction of sp³-hybridized carbons (Fsp3) is 1.00. The van der Waals surface area contributed by atoms with Crippen molar-refractivity contribution in [3.63, 3.8) is 0 Å². The van der Waals surface area contributed by atoms with Gasteiger partial charge >= 0.3 is 0 Å². The molecule has 0 amide bonds. The molecule has 0 heterocycles. The Hall–Kier alpha value is -0.130. The lowest BCUT2D eigenvalue weighted by Gasteiger charge is -2.43. The number of hydrogen-bond donors (Lipinski definition) is 1. The Labute approximate surface area is 118 Å². The van der Waals surface area contributed by atoms with E-state index < -0.39 is 9.84 Å². The highest BCUT2D eigenvalue weighted by Crippen LogP contribution is 2.42. The topological polar surface area (TPSA) is 69.4 Å². The molecule has 1 aliphatic carbocycles. The van der Waals surface area contributed by atoms with Crippen LogP contribution in [0.15, 0.2) is 0 Å². The molecule has 0 radical (unpaired) electrons. The normalized spacial score (nSPS) is 29.4. The van der Waals surface area contributed by atoms with E-state index in [2.05, 4.69) is 20.8 Å². The van der Waals surface area contributed by atoms with Crippen LogP contribution < -0.4 is 5.73 Å². The molecule has 1 saturated carbocycles. The van der Waals surface area contributed by atoms with Crippen molar-refractivity contribution >= 4 is 9.84 Å². The Kier molecular flexibility index (Phi) is 5.43. The van der Waals surface area contributed by atoms with Crippen LogP contribution in [0.2, 0.25) is 0 Å². The van der Waals surface area contributed by atoms with E-state index in [0.717, 1.165) is 25.7 Å². The molecule has 0 atom stereocenters. The van der Waals surface area contributed by atoms with Gasteiger partial charge in [-0.1, -0.05) is 20.8 Å². The minimum Gasteiger partial charge on any atom is -0.373 e. The highest BCUT2D eigenvalue weighted by molar-refractivity contribution is 7.90. The van der Waals surface area contributed by atoms with Crippen molar-refractivity contribution < 1.29 is 13.2 Å². The number of hydrogen-bond acceptors (Lipinski definition) is 4. The molecular weight excluding hydrogens is 262 g/mol. The van der Waals surface area contributed by atoms with Gasteiger partial charge in [-0.25, -0.2) is 8.42 Å². The van der Waals surface area contributed by atoms with Crippen LogP contribution in [0.25, 0.3) is 0 Å². The molecule has 2 N–H and O–H groups in total. The largest absolute Gasteiger partial charge is 0.373 e. The lowest BCUT2D eigenvalue weighted by atomic mass is 9.68. The van der Waals surface area contributed by atoms with Crippen molar-refractivity contribution in [2.75, 3.05) is 25.2 Å². The van der Waals surface area contributed by atoms with Crippen LogP contribution in [-0.4, -0.2) is 39.2 Å². The fourth-order valence-corrected chi connectivity index (χ4v) is 3.21. The van der Waals surface area contributed by atoms with E-state index in [0.29, 0.717) is 17.9 Å². The van der Waals surface area contributed by atoms with Crippen molar-refractivity contribution in [3.8, 4) is 0 Å². The lowest BCUT2D eigenvalue weighted by molar-refractivity contribution is -0.0738. The Balaban J connectivity index is 2.51. The van der Waals surface area contributed by atoms with Gasteiger partial charge in [0, 0.05) is 12.8 Å². The van der Waals surface area contributed by atoms with Crippen LogP contribution in [0.3, 0.4) is 0 Å². The maximum absolute atomic E-state index is 11.1. The zero-order valence-corrected chi connectivity index (χ0v) is 13.6.